The van der Waals surface area contributed by atoms with Gasteiger partial charge in [-0.15, -0.1) is 0 Å². The number of rotatable bonds is 2. The first kappa shape index (κ1) is 18.7. The van der Waals surface area contributed by atoms with Gasteiger partial charge in [-0.25, -0.2) is 0 Å². The van der Waals surface area contributed by atoms with Crippen LogP contribution in [0, 0.1) is 0 Å². The summed E-state index contributed by atoms with van der Waals surface area (Å²) in [6.07, 6.45) is 0. The average molecular weight is 410 g/mol. The van der Waals surface area contributed by atoms with Gasteiger partial charge in [0, 0.05) is 0 Å². The van der Waals surface area contributed by atoms with Crippen molar-refractivity contribution < 1.29 is 13.7 Å². The fourth-order valence-corrected chi connectivity index (χ4v) is 4.20. The third-order valence-electron chi connectivity index (χ3n) is 6.68. The maximum absolute atomic E-state index is 6.25. The first-order valence-corrected chi connectivity index (χ1v) is 10.6. The van der Waals surface area contributed by atoms with Crippen molar-refractivity contribution in [3.8, 4) is 11.1 Å². The zero-order valence-electron chi connectivity index (χ0n) is 18.0. The van der Waals surface area contributed by atoms with E-state index >= 15 is 0 Å². The van der Waals surface area contributed by atoms with E-state index in [1.165, 1.54) is 0 Å². The molecule has 3 aromatic carbocycles. The van der Waals surface area contributed by atoms with Crippen molar-refractivity contribution in [3.63, 3.8) is 0 Å². The van der Waals surface area contributed by atoms with Gasteiger partial charge < -0.3 is 13.7 Å². The SMILES string of the molecule is CC1(C)OB(c2cccc(-c3ccc4nc5oc6ccccc6n5c4c3)c2)OC1(C)C. The molecule has 0 saturated carbocycles. The Labute approximate surface area is 180 Å². The van der Waals surface area contributed by atoms with Gasteiger partial charge >= 0.3 is 13.0 Å². The minimum Gasteiger partial charge on any atom is -0.423 e. The molecule has 6 heteroatoms. The Hall–Kier alpha value is -3.09. The van der Waals surface area contributed by atoms with E-state index in [0.717, 1.165) is 38.7 Å². The van der Waals surface area contributed by atoms with E-state index < -0.39 is 0 Å². The van der Waals surface area contributed by atoms with Crippen LogP contribution in [-0.4, -0.2) is 27.7 Å². The van der Waals surface area contributed by atoms with E-state index in [0.29, 0.717) is 5.84 Å². The summed E-state index contributed by atoms with van der Waals surface area (Å²) in [7, 11) is -0.381. The van der Waals surface area contributed by atoms with Crippen molar-refractivity contribution in [3.05, 3.63) is 66.7 Å². The number of oxazole rings is 1. The number of fused-ring (bicyclic) bond motifs is 5. The van der Waals surface area contributed by atoms with Crippen molar-refractivity contribution in [2.75, 3.05) is 0 Å². The lowest BCUT2D eigenvalue weighted by molar-refractivity contribution is 0.00578. The molecule has 5 aromatic rings. The number of para-hydroxylation sites is 2. The second kappa shape index (κ2) is 6.22. The monoisotopic (exact) mass is 410 g/mol. The summed E-state index contributed by atoms with van der Waals surface area (Å²) in [6, 6.07) is 22.7. The molecule has 0 atom stereocenters. The summed E-state index contributed by atoms with van der Waals surface area (Å²) in [6.45, 7) is 8.30. The Morgan fingerprint density at radius 3 is 2.32 bits per heavy atom. The topological polar surface area (TPSA) is 48.9 Å². The second-order valence-electron chi connectivity index (χ2n) is 9.22. The molecule has 0 bridgehead atoms. The van der Waals surface area contributed by atoms with Gasteiger partial charge in [-0.2, -0.15) is 4.98 Å². The fourth-order valence-electron chi connectivity index (χ4n) is 4.20. The quantitative estimate of drug-likeness (QED) is 0.376. The average Bonchev–Trinajstić information content (AvgIpc) is 3.34. The first-order valence-electron chi connectivity index (χ1n) is 10.6. The number of nitrogens with zero attached hydrogens (tertiary/aromatic N) is 2. The normalized spacial score (nSPS) is 17.9. The van der Waals surface area contributed by atoms with Gasteiger partial charge in [-0.3, -0.25) is 4.40 Å². The number of hydrogen-bond acceptors (Lipinski definition) is 4. The van der Waals surface area contributed by atoms with Crippen LogP contribution in [0.4, 0.5) is 0 Å². The predicted molar refractivity (Wildman–Crippen MR) is 124 cm³/mol. The Kier molecular flexibility index (Phi) is 3.74. The lowest BCUT2D eigenvalue weighted by atomic mass is 9.78. The maximum atomic E-state index is 6.25. The van der Waals surface area contributed by atoms with Crippen molar-refractivity contribution >= 4 is 40.6 Å². The molecule has 154 valence electrons. The number of benzene rings is 3. The molecule has 0 radical (unpaired) electrons. The van der Waals surface area contributed by atoms with Crippen LogP contribution in [0.2, 0.25) is 0 Å². The summed E-state index contributed by atoms with van der Waals surface area (Å²) in [5.74, 6) is 0.610. The molecule has 1 aliphatic heterocycles. The largest absolute Gasteiger partial charge is 0.494 e. The molecular formula is C25H23BN2O3. The van der Waals surface area contributed by atoms with Crippen LogP contribution in [0.5, 0.6) is 0 Å². The maximum Gasteiger partial charge on any atom is 0.494 e. The molecule has 31 heavy (non-hydrogen) atoms. The van der Waals surface area contributed by atoms with Gasteiger partial charge in [0.2, 0.25) is 0 Å². The van der Waals surface area contributed by atoms with Gasteiger partial charge in [0.25, 0.3) is 0 Å². The van der Waals surface area contributed by atoms with Crippen LogP contribution in [0.3, 0.4) is 0 Å². The Morgan fingerprint density at radius 1 is 0.774 bits per heavy atom. The Morgan fingerprint density at radius 2 is 1.52 bits per heavy atom. The first-order chi connectivity index (χ1) is 14.8. The summed E-state index contributed by atoms with van der Waals surface area (Å²) < 4.78 is 20.5. The van der Waals surface area contributed by atoms with Crippen LogP contribution < -0.4 is 5.46 Å². The highest BCUT2D eigenvalue weighted by atomic mass is 16.7. The molecule has 1 aliphatic rings. The van der Waals surface area contributed by atoms with Gasteiger partial charge in [-0.1, -0.05) is 42.5 Å². The van der Waals surface area contributed by atoms with Crippen LogP contribution in [-0.2, 0) is 9.31 Å². The Balaban J connectivity index is 1.45. The molecule has 3 heterocycles. The summed E-state index contributed by atoms with van der Waals surface area (Å²) in [4.78, 5) is 4.66. The number of hydrogen-bond donors (Lipinski definition) is 0. The molecule has 0 N–H and O–H groups in total. The van der Waals surface area contributed by atoms with E-state index in [2.05, 4.69) is 79.5 Å². The smallest absolute Gasteiger partial charge is 0.423 e. The Bertz CT molecular complexity index is 1450. The molecule has 6 rings (SSSR count). The molecule has 1 saturated heterocycles. The summed E-state index contributed by atoms with van der Waals surface area (Å²) in [5.41, 5.74) is 6.30. The molecule has 0 unspecified atom stereocenters. The molecule has 1 fully saturated rings. The van der Waals surface area contributed by atoms with Gasteiger partial charge in [0.15, 0.2) is 5.58 Å². The van der Waals surface area contributed by atoms with Crippen molar-refractivity contribution in [2.24, 2.45) is 0 Å². The molecular weight excluding hydrogens is 387 g/mol. The zero-order valence-corrected chi connectivity index (χ0v) is 18.0. The van der Waals surface area contributed by atoms with Crippen molar-refractivity contribution in [1.29, 1.82) is 0 Å². The van der Waals surface area contributed by atoms with Gasteiger partial charge in [0.05, 0.1) is 27.8 Å². The zero-order chi connectivity index (χ0) is 21.4. The predicted octanol–water partition coefficient (Wildman–Crippen LogP) is 5.20. The van der Waals surface area contributed by atoms with E-state index in [-0.39, 0.29) is 18.3 Å². The molecule has 5 nitrogen and oxygen atoms in total. The summed E-state index contributed by atoms with van der Waals surface area (Å²) in [5, 5.41) is 0. The lowest BCUT2D eigenvalue weighted by Crippen LogP contribution is -2.41. The van der Waals surface area contributed by atoms with Crippen LogP contribution >= 0.6 is 0 Å². The van der Waals surface area contributed by atoms with Gasteiger partial charge in [-0.05, 0) is 68.6 Å². The highest BCUT2D eigenvalue weighted by molar-refractivity contribution is 6.62. The molecule has 2 aromatic heterocycles. The van der Waals surface area contributed by atoms with E-state index in [9.17, 15) is 0 Å². The molecule has 0 spiro atoms. The van der Waals surface area contributed by atoms with Crippen LogP contribution in [0.1, 0.15) is 27.7 Å². The van der Waals surface area contributed by atoms with Crippen molar-refractivity contribution in [2.45, 2.75) is 38.9 Å². The minimum absolute atomic E-state index is 0.363. The van der Waals surface area contributed by atoms with Crippen molar-refractivity contribution in [1.82, 2.24) is 9.38 Å². The third-order valence-corrected chi connectivity index (χ3v) is 6.68. The summed E-state index contributed by atoms with van der Waals surface area (Å²) >= 11 is 0. The second-order valence-corrected chi connectivity index (χ2v) is 9.22. The van der Waals surface area contributed by atoms with Crippen LogP contribution in [0.15, 0.2) is 71.1 Å². The lowest BCUT2D eigenvalue weighted by Gasteiger charge is -2.32. The van der Waals surface area contributed by atoms with E-state index in [4.69, 9.17) is 13.7 Å². The highest BCUT2D eigenvalue weighted by Gasteiger charge is 2.51. The standard InChI is InChI=1S/C25H23BN2O3/c1-24(2)25(3,4)31-26(30-24)18-9-7-8-16(14-18)17-12-13-19-21(15-17)28-20-10-5-6-11-22(20)29-23(28)27-19/h5-15H,1-4H3. The number of imidazole rings is 1. The van der Waals surface area contributed by atoms with Gasteiger partial charge in [0.1, 0.15) is 0 Å². The highest BCUT2D eigenvalue weighted by Crippen LogP contribution is 2.37. The fraction of sp³-hybridized carbons (Fsp3) is 0.240. The molecule has 0 aliphatic carbocycles. The minimum atomic E-state index is -0.381. The molecule has 0 amide bonds. The third kappa shape index (κ3) is 2.75. The van der Waals surface area contributed by atoms with E-state index in [1.807, 2.05) is 24.3 Å². The number of aromatic nitrogens is 2. The van der Waals surface area contributed by atoms with Crippen LogP contribution in [0.25, 0.3) is 39.1 Å². The van der Waals surface area contributed by atoms with E-state index in [1.54, 1.807) is 0 Å².